The van der Waals surface area contributed by atoms with E-state index in [0.717, 1.165) is 0 Å². The van der Waals surface area contributed by atoms with Gasteiger partial charge in [0.1, 0.15) is 11.8 Å². The standard InChI is InChI=1S/C8H4BrF2IN2/c9-2-6-5(12)1-4(8(10)11)7(3-13)14-6/h1,8H,2H2. The molecule has 0 fully saturated rings. The Morgan fingerprint density at radius 3 is 2.71 bits per heavy atom. The molecule has 0 aliphatic rings. The van der Waals surface area contributed by atoms with Crippen molar-refractivity contribution < 1.29 is 8.78 Å². The van der Waals surface area contributed by atoms with Crippen molar-refractivity contribution in [3.63, 3.8) is 0 Å². The average molecular weight is 373 g/mol. The SMILES string of the molecule is N#Cc1nc(CBr)c(I)cc1C(F)F. The highest BCUT2D eigenvalue weighted by Gasteiger charge is 2.16. The molecule has 0 saturated heterocycles. The van der Waals surface area contributed by atoms with Gasteiger partial charge in [-0.05, 0) is 28.7 Å². The molecule has 0 bridgehead atoms. The van der Waals surface area contributed by atoms with Crippen molar-refractivity contribution in [3.05, 3.63) is 26.6 Å². The number of hydrogen-bond acceptors (Lipinski definition) is 2. The van der Waals surface area contributed by atoms with Crippen LogP contribution in [0.15, 0.2) is 6.07 Å². The van der Waals surface area contributed by atoms with Crippen molar-refractivity contribution in [2.24, 2.45) is 0 Å². The lowest BCUT2D eigenvalue weighted by Gasteiger charge is -2.05. The molecule has 0 unspecified atom stereocenters. The molecule has 0 radical (unpaired) electrons. The van der Waals surface area contributed by atoms with Gasteiger partial charge in [0.25, 0.3) is 6.43 Å². The van der Waals surface area contributed by atoms with Gasteiger partial charge in [0, 0.05) is 8.90 Å². The molecule has 0 saturated carbocycles. The van der Waals surface area contributed by atoms with Crippen molar-refractivity contribution in [2.75, 3.05) is 0 Å². The zero-order valence-electron chi connectivity index (χ0n) is 6.77. The van der Waals surface area contributed by atoms with Crippen molar-refractivity contribution in [2.45, 2.75) is 11.8 Å². The minimum Gasteiger partial charge on any atom is -0.240 e. The number of rotatable bonds is 2. The first-order valence-electron chi connectivity index (χ1n) is 3.53. The molecule has 2 nitrogen and oxygen atoms in total. The fourth-order valence-electron chi connectivity index (χ4n) is 0.891. The van der Waals surface area contributed by atoms with Crippen molar-refractivity contribution in [3.8, 4) is 6.07 Å². The van der Waals surface area contributed by atoms with Crippen LogP contribution in [-0.2, 0) is 5.33 Å². The number of halogens is 4. The minimum absolute atomic E-state index is 0.199. The molecule has 14 heavy (non-hydrogen) atoms. The molecule has 74 valence electrons. The van der Waals surface area contributed by atoms with Crippen LogP contribution in [0, 0.1) is 14.9 Å². The molecule has 0 amide bonds. The van der Waals surface area contributed by atoms with Crippen molar-refractivity contribution >= 4 is 38.5 Å². The molecule has 1 aromatic heterocycles. The summed E-state index contributed by atoms with van der Waals surface area (Å²) in [6, 6.07) is 2.96. The number of hydrogen-bond donors (Lipinski definition) is 0. The highest BCUT2D eigenvalue weighted by Crippen LogP contribution is 2.25. The molecule has 0 N–H and O–H groups in total. The highest BCUT2D eigenvalue weighted by molar-refractivity contribution is 14.1. The van der Waals surface area contributed by atoms with E-state index in [1.54, 1.807) is 6.07 Å². The Balaban J connectivity index is 3.33. The van der Waals surface area contributed by atoms with Gasteiger partial charge in [0.15, 0.2) is 0 Å². The summed E-state index contributed by atoms with van der Waals surface area (Å²) >= 11 is 5.09. The van der Waals surface area contributed by atoms with Gasteiger partial charge in [-0.25, -0.2) is 13.8 Å². The fourth-order valence-corrected chi connectivity index (χ4v) is 2.49. The Morgan fingerprint density at radius 2 is 2.29 bits per heavy atom. The largest absolute Gasteiger partial charge is 0.266 e. The second-order valence-corrected chi connectivity index (χ2v) is 4.12. The Bertz CT molecular complexity index is 390. The van der Waals surface area contributed by atoms with Gasteiger partial charge in [-0.2, -0.15) is 5.26 Å². The number of nitriles is 1. The Hall–Kier alpha value is -0.290. The Kier molecular flexibility index (Phi) is 4.19. The second kappa shape index (κ2) is 4.98. The quantitative estimate of drug-likeness (QED) is 0.589. The maximum atomic E-state index is 12.4. The number of pyridine rings is 1. The van der Waals surface area contributed by atoms with Crippen molar-refractivity contribution in [1.29, 1.82) is 5.26 Å². The number of nitrogens with zero attached hydrogens (tertiary/aromatic N) is 2. The van der Waals surface area contributed by atoms with Gasteiger partial charge in [0.2, 0.25) is 0 Å². The summed E-state index contributed by atoms with van der Waals surface area (Å²) in [4.78, 5) is 3.83. The minimum atomic E-state index is -2.66. The van der Waals surface area contributed by atoms with E-state index >= 15 is 0 Å². The topological polar surface area (TPSA) is 36.7 Å². The van der Waals surface area contributed by atoms with E-state index in [1.807, 2.05) is 22.6 Å². The normalized spacial score (nSPS) is 10.3. The van der Waals surface area contributed by atoms with Crippen molar-refractivity contribution in [1.82, 2.24) is 4.98 Å². The molecule has 0 aliphatic carbocycles. The molecule has 0 atom stereocenters. The van der Waals surface area contributed by atoms with Crippen LogP contribution in [0.1, 0.15) is 23.4 Å². The van der Waals surface area contributed by atoms with Crippen LogP contribution in [0.3, 0.4) is 0 Å². The number of alkyl halides is 3. The Morgan fingerprint density at radius 1 is 1.64 bits per heavy atom. The summed E-state index contributed by atoms with van der Waals surface area (Å²) in [5, 5.41) is 9.06. The molecule has 0 aromatic carbocycles. The van der Waals surface area contributed by atoms with Crippen LogP contribution in [0.2, 0.25) is 0 Å². The maximum absolute atomic E-state index is 12.4. The molecule has 0 aliphatic heterocycles. The molecular weight excluding hydrogens is 369 g/mol. The molecule has 6 heteroatoms. The van der Waals surface area contributed by atoms with E-state index < -0.39 is 6.43 Å². The lowest BCUT2D eigenvalue weighted by molar-refractivity contribution is 0.150. The predicted octanol–water partition coefficient (Wildman–Crippen LogP) is 3.39. The molecule has 1 rings (SSSR count). The van der Waals surface area contributed by atoms with Crippen LogP contribution < -0.4 is 0 Å². The molecule has 1 aromatic rings. The highest BCUT2D eigenvalue weighted by atomic mass is 127. The fraction of sp³-hybridized carbons (Fsp3) is 0.250. The first-order valence-corrected chi connectivity index (χ1v) is 5.73. The monoisotopic (exact) mass is 372 g/mol. The van der Waals surface area contributed by atoms with Crippen LogP contribution in [0.4, 0.5) is 8.78 Å². The van der Waals surface area contributed by atoms with E-state index in [2.05, 4.69) is 20.9 Å². The van der Waals surface area contributed by atoms with Gasteiger partial charge in [-0.15, -0.1) is 0 Å². The molecule has 0 spiro atoms. The second-order valence-electron chi connectivity index (χ2n) is 2.40. The summed E-state index contributed by atoms with van der Waals surface area (Å²) in [7, 11) is 0. The van der Waals surface area contributed by atoms with Crippen LogP contribution >= 0.6 is 38.5 Å². The summed E-state index contributed by atoms with van der Waals surface area (Å²) in [5.74, 6) is 0. The van der Waals surface area contributed by atoms with E-state index in [9.17, 15) is 8.78 Å². The van der Waals surface area contributed by atoms with Gasteiger partial charge in [0.05, 0.1) is 11.3 Å². The number of aromatic nitrogens is 1. The summed E-state index contributed by atoms with van der Waals surface area (Å²) < 4.78 is 25.5. The Labute approximate surface area is 102 Å². The van der Waals surface area contributed by atoms with E-state index in [0.29, 0.717) is 14.6 Å². The third-order valence-electron chi connectivity index (χ3n) is 1.55. The zero-order valence-corrected chi connectivity index (χ0v) is 10.5. The summed E-state index contributed by atoms with van der Waals surface area (Å²) in [6.07, 6.45) is -2.66. The smallest absolute Gasteiger partial charge is 0.240 e. The van der Waals surface area contributed by atoms with Gasteiger partial charge < -0.3 is 0 Å². The molecular formula is C8H4BrF2IN2. The van der Waals surface area contributed by atoms with Crippen LogP contribution in [0.5, 0.6) is 0 Å². The average Bonchev–Trinajstić information content (AvgIpc) is 2.17. The van der Waals surface area contributed by atoms with E-state index in [4.69, 9.17) is 5.26 Å². The van der Waals surface area contributed by atoms with Gasteiger partial charge >= 0.3 is 0 Å². The zero-order chi connectivity index (χ0) is 10.7. The third-order valence-corrected chi connectivity index (χ3v) is 3.01. The van der Waals surface area contributed by atoms with Gasteiger partial charge in [-0.1, -0.05) is 15.9 Å². The predicted molar refractivity (Wildman–Crippen MR) is 59.3 cm³/mol. The third kappa shape index (κ3) is 2.39. The summed E-state index contributed by atoms with van der Waals surface area (Å²) in [6.45, 7) is 0. The first kappa shape index (κ1) is 11.8. The summed E-state index contributed by atoms with van der Waals surface area (Å²) in [5.41, 5.74) is 0.100. The van der Waals surface area contributed by atoms with E-state index in [1.165, 1.54) is 6.07 Å². The first-order chi connectivity index (χ1) is 6.60. The lowest BCUT2D eigenvalue weighted by Crippen LogP contribution is -2.00. The molecule has 1 heterocycles. The van der Waals surface area contributed by atoms with E-state index in [-0.39, 0.29) is 11.3 Å². The van der Waals surface area contributed by atoms with Crippen LogP contribution in [-0.4, -0.2) is 4.98 Å². The lowest BCUT2D eigenvalue weighted by atomic mass is 10.2. The van der Waals surface area contributed by atoms with Crippen LogP contribution in [0.25, 0.3) is 0 Å². The maximum Gasteiger partial charge on any atom is 0.266 e. The van der Waals surface area contributed by atoms with Gasteiger partial charge in [-0.3, -0.25) is 0 Å².